The molecule has 3 aromatic carbocycles. The Labute approximate surface area is 139 Å². The van der Waals surface area contributed by atoms with Gasteiger partial charge in [-0.1, -0.05) is 36.4 Å². The number of halogens is 1. The van der Waals surface area contributed by atoms with Crippen molar-refractivity contribution in [2.45, 2.75) is 6.42 Å². The van der Waals surface area contributed by atoms with Gasteiger partial charge in [-0.25, -0.2) is 4.39 Å². The summed E-state index contributed by atoms with van der Waals surface area (Å²) in [7, 11) is 0. The van der Waals surface area contributed by atoms with Gasteiger partial charge in [0.05, 0.1) is 6.42 Å². The molecular formula is C20H15FO3. The smallest absolute Gasteiger partial charge is 0.307 e. The zero-order chi connectivity index (χ0) is 16.9. The number of carbonyl (C=O) groups is 1. The van der Waals surface area contributed by atoms with Crippen molar-refractivity contribution in [3.8, 4) is 22.6 Å². The van der Waals surface area contributed by atoms with Gasteiger partial charge in [0.15, 0.2) is 0 Å². The third kappa shape index (κ3) is 3.98. The predicted molar refractivity (Wildman–Crippen MR) is 89.7 cm³/mol. The molecule has 0 fully saturated rings. The Bertz CT molecular complexity index is 857. The van der Waals surface area contributed by atoms with E-state index in [0.29, 0.717) is 17.1 Å². The largest absolute Gasteiger partial charge is 0.481 e. The van der Waals surface area contributed by atoms with Crippen LogP contribution >= 0.6 is 0 Å². The number of carboxylic acids is 1. The molecule has 24 heavy (non-hydrogen) atoms. The minimum absolute atomic E-state index is 0.0488. The molecule has 4 heteroatoms. The fourth-order valence-electron chi connectivity index (χ4n) is 2.41. The molecule has 0 aliphatic heterocycles. The fourth-order valence-corrected chi connectivity index (χ4v) is 2.41. The van der Waals surface area contributed by atoms with Crippen molar-refractivity contribution < 1.29 is 19.0 Å². The van der Waals surface area contributed by atoms with Crippen molar-refractivity contribution in [3.63, 3.8) is 0 Å². The number of hydrogen-bond acceptors (Lipinski definition) is 2. The lowest BCUT2D eigenvalue weighted by molar-refractivity contribution is -0.136. The summed E-state index contributed by atoms with van der Waals surface area (Å²) in [4.78, 5) is 10.8. The number of benzene rings is 3. The van der Waals surface area contributed by atoms with Crippen LogP contribution in [0.5, 0.6) is 11.5 Å². The Hall–Kier alpha value is -3.14. The molecule has 3 nitrogen and oxygen atoms in total. The lowest BCUT2D eigenvalue weighted by Crippen LogP contribution is -1.99. The first kappa shape index (κ1) is 15.7. The highest BCUT2D eigenvalue weighted by Crippen LogP contribution is 2.28. The topological polar surface area (TPSA) is 46.5 Å². The van der Waals surface area contributed by atoms with E-state index in [2.05, 4.69) is 0 Å². The van der Waals surface area contributed by atoms with E-state index in [0.717, 1.165) is 11.1 Å². The third-order valence-corrected chi connectivity index (χ3v) is 3.50. The molecule has 3 aromatic rings. The molecule has 0 amide bonds. The van der Waals surface area contributed by atoms with Crippen LogP contribution in [0.2, 0.25) is 0 Å². The third-order valence-electron chi connectivity index (χ3n) is 3.50. The molecule has 0 saturated heterocycles. The van der Waals surface area contributed by atoms with E-state index in [4.69, 9.17) is 9.84 Å². The average molecular weight is 322 g/mol. The molecule has 120 valence electrons. The maximum absolute atomic E-state index is 13.0. The van der Waals surface area contributed by atoms with E-state index < -0.39 is 5.97 Å². The summed E-state index contributed by atoms with van der Waals surface area (Å²) in [5.41, 5.74) is 2.48. The Kier molecular flexibility index (Phi) is 4.57. The van der Waals surface area contributed by atoms with E-state index in [-0.39, 0.29) is 12.2 Å². The van der Waals surface area contributed by atoms with Gasteiger partial charge in [-0.3, -0.25) is 4.79 Å². The summed E-state index contributed by atoms with van der Waals surface area (Å²) >= 11 is 0. The number of hydrogen-bond donors (Lipinski definition) is 1. The highest BCUT2D eigenvalue weighted by molar-refractivity contribution is 5.70. The molecule has 0 atom stereocenters. The molecule has 0 aliphatic carbocycles. The van der Waals surface area contributed by atoms with Crippen molar-refractivity contribution in [2.75, 3.05) is 0 Å². The highest BCUT2D eigenvalue weighted by Gasteiger charge is 2.05. The van der Waals surface area contributed by atoms with Gasteiger partial charge in [0.25, 0.3) is 0 Å². The van der Waals surface area contributed by atoms with Crippen LogP contribution in [0.4, 0.5) is 4.39 Å². The van der Waals surface area contributed by atoms with Gasteiger partial charge in [-0.15, -0.1) is 0 Å². The molecule has 0 spiro atoms. The summed E-state index contributed by atoms with van der Waals surface area (Å²) in [5, 5.41) is 8.86. The minimum Gasteiger partial charge on any atom is -0.481 e. The monoisotopic (exact) mass is 322 g/mol. The van der Waals surface area contributed by atoms with Gasteiger partial charge >= 0.3 is 5.97 Å². The van der Waals surface area contributed by atoms with Crippen LogP contribution < -0.4 is 4.74 Å². The van der Waals surface area contributed by atoms with Gasteiger partial charge in [0.1, 0.15) is 17.3 Å². The summed E-state index contributed by atoms with van der Waals surface area (Å²) in [6.07, 6.45) is -0.0488. The van der Waals surface area contributed by atoms with Crippen molar-refractivity contribution >= 4 is 5.97 Å². The lowest BCUT2D eigenvalue weighted by Gasteiger charge is -2.09. The zero-order valence-electron chi connectivity index (χ0n) is 12.8. The van der Waals surface area contributed by atoms with E-state index >= 15 is 0 Å². The van der Waals surface area contributed by atoms with Crippen LogP contribution in [0.3, 0.4) is 0 Å². The normalized spacial score (nSPS) is 10.4. The zero-order valence-corrected chi connectivity index (χ0v) is 12.8. The second-order valence-electron chi connectivity index (χ2n) is 5.35. The molecule has 0 radical (unpaired) electrons. The van der Waals surface area contributed by atoms with Crippen LogP contribution in [-0.4, -0.2) is 11.1 Å². The number of aliphatic carboxylic acids is 1. The van der Waals surface area contributed by atoms with Gasteiger partial charge in [0.2, 0.25) is 0 Å². The Morgan fingerprint density at radius 1 is 0.875 bits per heavy atom. The van der Waals surface area contributed by atoms with Gasteiger partial charge in [-0.05, 0) is 53.1 Å². The van der Waals surface area contributed by atoms with Crippen LogP contribution in [0.15, 0.2) is 72.8 Å². The van der Waals surface area contributed by atoms with Gasteiger partial charge < -0.3 is 9.84 Å². The standard InChI is InChI=1S/C20H15FO3/c21-17-9-7-15(8-10-17)16-4-2-6-19(13-16)24-18-5-1-3-14(11-18)12-20(22)23/h1-11,13H,12H2,(H,22,23). The quantitative estimate of drug-likeness (QED) is 0.726. The van der Waals surface area contributed by atoms with Gasteiger partial charge in [-0.2, -0.15) is 0 Å². The molecule has 0 aromatic heterocycles. The first-order valence-corrected chi connectivity index (χ1v) is 7.45. The molecule has 1 N–H and O–H groups in total. The average Bonchev–Trinajstić information content (AvgIpc) is 2.55. The minimum atomic E-state index is -0.884. The Morgan fingerprint density at radius 2 is 1.54 bits per heavy atom. The molecule has 0 bridgehead atoms. The highest BCUT2D eigenvalue weighted by atomic mass is 19.1. The Balaban J connectivity index is 1.82. The number of carboxylic acid groups (broad SMARTS) is 1. The maximum atomic E-state index is 13.0. The second-order valence-corrected chi connectivity index (χ2v) is 5.35. The Morgan fingerprint density at radius 3 is 2.25 bits per heavy atom. The number of ether oxygens (including phenoxy) is 1. The van der Waals surface area contributed by atoms with Crippen molar-refractivity contribution in [1.82, 2.24) is 0 Å². The molecule has 0 saturated carbocycles. The van der Waals surface area contributed by atoms with Crippen LogP contribution in [-0.2, 0) is 11.2 Å². The maximum Gasteiger partial charge on any atom is 0.307 e. The van der Waals surface area contributed by atoms with Crippen molar-refractivity contribution in [1.29, 1.82) is 0 Å². The molecular weight excluding hydrogens is 307 g/mol. The molecule has 3 rings (SSSR count). The van der Waals surface area contributed by atoms with Crippen LogP contribution in [0.1, 0.15) is 5.56 Å². The van der Waals surface area contributed by atoms with Crippen LogP contribution in [0.25, 0.3) is 11.1 Å². The number of rotatable bonds is 5. The first-order chi connectivity index (χ1) is 11.6. The van der Waals surface area contributed by atoms with Gasteiger partial charge in [0, 0.05) is 0 Å². The molecule has 0 heterocycles. The van der Waals surface area contributed by atoms with E-state index in [9.17, 15) is 9.18 Å². The fraction of sp³-hybridized carbons (Fsp3) is 0.0500. The second kappa shape index (κ2) is 6.96. The van der Waals surface area contributed by atoms with Crippen molar-refractivity contribution in [2.24, 2.45) is 0 Å². The van der Waals surface area contributed by atoms with E-state index in [1.807, 2.05) is 24.3 Å². The molecule has 0 unspecified atom stereocenters. The van der Waals surface area contributed by atoms with Crippen LogP contribution in [0, 0.1) is 5.82 Å². The summed E-state index contributed by atoms with van der Waals surface area (Å²) in [6.45, 7) is 0. The predicted octanol–water partition coefficient (Wildman–Crippen LogP) is 4.91. The first-order valence-electron chi connectivity index (χ1n) is 7.45. The van der Waals surface area contributed by atoms with E-state index in [1.165, 1.54) is 12.1 Å². The summed E-state index contributed by atoms with van der Waals surface area (Å²) in [6, 6.07) is 20.7. The summed E-state index contributed by atoms with van der Waals surface area (Å²) < 4.78 is 18.9. The van der Waals surface area contributed by atoms with Crippen molar-refractivity contribution in [3.05, 3.63) is 84.2 Å². The summed E-state index contributed by atoms with van der Waals surface area (Å²) in [5.74, 6) is 0.0427. The lowest BCUT2D eigenvalue weighted by atomic mass is 10.1. The molecule has 0 aliphatic rings. The SMILES string of the molecule is O=C(O)Cc1cccc(Oc2cccc(-c3ccc(F)cc3)c2)c1. The van der Waals surface area contributed by atoms with E-state index in [1.54, 1.807) is 36.4 Å².